The fourth-order valence-electron chi connectivity index (χ4n) is 4.05. The van der Waals surface area contributed by atoms with Gasteiger partial charge in [-0.05, 0) is 63.2 Å². The van der Waals surface area contributed by atoms with E-state index >= 15 is 0 Å². The summed E-state index contributed by atoms with van der Waals surface area (Å²) in [5, 5.41) is 10.7. The van der Waals surface area contributed by atoms with Crippen molar-refractivity contribution in [1.82, 2.24) is 0 Å². The van der Waals surface area contributed by atoms with E-state index in [1.807, 2.05) is 54.6 Å². The van der Waals surface area contributed by atoms with Crippen molar-refractivity contribution >= 4 is 5.69 Å². The molecule has 0 saturated heterocycles. The third kappa shape index (κ3) is 3.86. The Labute approximate surface area is 188 Å². The number of nitrogens with two attached hydrogens (primary N) is 1. The number of rotatable bonds is 4. The number of aromatic hydroxyl groups is 1. The summed E-state index contributed by atoms with van der Waals surface area (Å²) in [6.07, 6.45) is 0. The van der Waals surface area contributed by atoms with Crippen molar-refractivity contribution < 1.29 is 5.11 Å². The first-order chi connectivity index (χ1) is 15.7. The van der Waals surface area contributed by atoms with Crippen LogP contribution in [0.1, 0.15) is 0 Å². The van der Waals surface area contributed by atoms with Crippen molar-refractivity contribution in [2.45, 2.75) is 0 Å². The van der Waals surface area contributed by atoms with Gasteiger partial charge in [0.2, 0.25) is 0 Å². The Morgan fingerprint density at radius 2 is 0.844 bits per heavy atom. The van der Waals surface area contributed by atoms with E-state index in [-0.39, 0.29) is 5.75 Å². The van der Waals surface area contributed by atoms with E-state index in [4.69, 9.17) is 5.73 Å². The summed E-state index contributed by atoms with van der Waals surface area (Å²) in [7, 11) is 0. The number of phenolic OH excluding ortho intramolecular Hbond substituents is 1. The molecule has 0 bridgehead atoms. The molecule has 5 aromatic carbocycles. The van der Waals surface area contributed by atoms with E-state index in [0.717, 1.165) is 44.5 Å². The van der Waals surface area contributed by atoms with Gasteiger partial charge >= 0.3 is 0 Å². The standard InChI is InChI=1S/C30H23NO/c31-30-28(26-16-8-14-24(18-26)22-11-5-2-6-12-22)19-27(20-29(30)32)25-15-7-13-23(17-25)21-9-3-1-4-10-21/h1-20,32H,31H2. The Morgan fingerprint density at radius 1 is 0.406 bits per heavy atom. The van der Waals surface area contributed by atoms with Crippen LogP contribution in [0.5, 0.6) is 5.75 Å². The van der Waals surface area contributed by atoms with Crippen molar-refractivity contribution in [2.24, 2.45) is 0 Å². The van der Waals surface area contributed by atoms with E-state index in [1.165, 1.54) is 0 Å². The van der Waals surface area contributed by atoms with Crippen molar-refractivity contribution in [3.63, 3.8) is 0 Å². The van der Waals surface area contributed by atoms with Crippen molar-refractivity contribution in [3.8, 4) is 50.3 Å². The Hall–Kier alpha value is -4.30. The normalized spacial score (nSPS) is 10.8. The monoisotopic (exact) mass is 413 g/mol. The minimum atomic E-state index is 0.0905. The van der Waals surface area contributed by atoms with Crippen molar-refractivity contribution in [3.05, 3.63) is 121 Å². The molecule has 2 nitrogen and oxygen atoms in total. The van der Waals surface area contributed by atoms with Crippen LogP contribution in [0.25, 0.3) is 44.5 Å². The van der Waals surface area contributed by atoms with E-state index in [1.54, 1.807) is 6.07 Å². The van der Waals surface area contributed by atoms with Crippen molar-refractivity contribution in [1.29, 1.82) is 0 Å². The summed E-state index contributed by atoms with van der Waals surface area (Å²) in [4.78, 5) is 0. The molecule has 0 unspecified atom stereocenters. The predicted molar refractivity (Wildman–Crippen MR) is 134 cm³/mol. The van der Waals surface area contributed by atoms with Crippen molar-refractivity contribution in [2.75, 3.05) is 5.73 Å². The Kier molecular flexibility index (Phi) is 5.19. The highest BCUT2D eigenvalue weighted by Crippen LogP contribution is 2.39. The zero-order valence-electron chi connectivity index (χ0n) is 17.6. The predicted octanol–water partition coefficient (Wildman–Crippen LogP) is 7.64. The molecular formula is C30H23NO. The van der Waals surface area contributed by atoms with E-state index in [9.17, 15) is 5.11 Å². The van der Waals surface area contributed by atoms with E-state index in [2.05, 4.69) is 60.7 Å². The van der Waals surface area contributed by atoms with Crippen LogP contribution < -0.4 is 5.73 Å². The molecule has 2 heteroatoms. The van der Waals surface area contributed by atoms with Gasteiger partial charge in [0.05, 0.1) is 5.69 Å². The first-order valence-electron chi connectivity index (χ1n) is 10.6. The van der Waals surface area contributed by atoms with Gasteiger partial charge in [-0.3, -0.25) is 0 Å². The van der Waals surface area contributed by atoms with Crippen LogP contribution in [-0.2, 0) is 0 Å². The molecule has 32 heavy (non-hydrogen) atoms. The van der Waals surface area contributed by atoms with Gasteiger partial charge in [0.1, 0.15) is 5.75 Å². The van der Waals surface area contributed by atoms with Crippen LogP contribution in [0, 0.1) is 0 Å². The Bertz CT molecular complexity index is 1380. The van der Waals surface area contributed by atoms with Gasteiger partial charge in [-0.1, -0.05) is 97.1 Å². The molecule has 0 aliphatic carbocycles. The fourth-order valence-corrected chi connectivity index (χ4v) is 4.05. The number of hydrogen-bond acceptors (Lipinski definition) is 2. The number of phenols is 1. The molecule has 154 valence electrons. The first kappa shape index (κ1) is 19.7. The highest BCUT2D eigenvalue weighted by molar-refractivity contribution is 5.88. The summed E-state index contributed by atoms with van der Waals surface area (Å²) < 4.78 is 0. The van der Waals surface area contributed by atoms with Crippen LogP contribution in [-0.4, -0.2) is 5.11 Å². The fraction of sp³-hybridized carbons (Fsp3) is 0. The summed E-state index contributed by atoms with van der Waals surface area (Å²) in [5.41, 5.74) is 15.0. The van der Waals surface area contributed by atoms with Gasteiger partial charge in [0, 0.05) is 5.56 Å². The molecular weight excluding hydrogens is 390 g/mol. The largest absolute Gasteiger partial charge is 0.506 e. The smallest absolute Gasteiger partial charge is 0.139 e. The lowest BCUT2D eigenvalue weighted by atomic mass is 9.93. The van der Waals surface area contributed by atoms with Gasteiger partial charge in [-0.25, -0.2) is 0 Å². The topological polar surface area (TPSA) is 46.2 Å². The molecule has 0 aliphatic rings. The van der Waals surface area contributed by atoms with Crippen LogP contribution in [0.15, 0.2) is 121 Å². The summed E-state index contributed by atoms with van der Waals surface area (Å²) in [5.74, 6) is 0.0905. The second-order valence-corrected chi connectivity index (χ2v) is 7.85. The maximum Gasteiger partial charge on any atom is 0.139 e. The molecule has 0 aliphatic heterocycles. The Balaban J connectivity index is 1.60. The average molecular weight is 414 g/mol. The average Bonchev–Trinajstić information content (AvgIpc) is 2.87. The van der Waals surface area contributed by atoms with Gasteiger partial charge in [-0.15, -0.1) is 0 Å². The zero-order valence-corrected chi connectivity index (χ0v) is 17.6. The summed E-state index contributed by atoms with van der Waals surface area (Å²) in [6, 6.07) is 40.9. The molecule has 0 heterocycles. The molecule has 0 spiro atoms. The Morgan fingerprint density at radius 3 is 1.41 bits per heavy atom. The SMILES string of the molecule is Nc1c(O)cc(-c2cccc(-c3ccccc3)c2)cc1-c1cccc(-c2ccccc2)c1. The maximum absolute atomic E-state index is 10.7. The van der Waals surface area contributed by atoms with Gasteiger partial charge < -0.3 is 10.8 Å². The molecule has 5 rings (SSSR count). The number of benzene rings is 5. The van der Waals surface area contributed by atoms with E-state index in [0.29, 0.717) is 5.69 Å². The highest BCUT2D eigenvalue weighted by atomic mass is 16.3. The molecule has 5 aromatic rings. The van der Waals surface area contributed by atoms with Crippen LogP contribution in [0.3, 0.4) is 0 Å². The maximum atomic E-state index is 10.7. The molecule has 0 radical (unpaired) electrons. The first-order valence-corrected chi connectivity index (χ1v) is 10.6. The molecule has 0 atom stereocenters. The lowest BCUT2D eigenvalue weighted by Gasteiger charge is -2.13. The summed E-state index contributed by atoms with van der Waals surface area (Å²) in [6.45, 7) is 0. The zero-order chi connectivity index (χ0) is 21.9. The second-order valence-electron chi connectivity index (χ2n) is 7.85. The van der Waals surface area contributed by atoms with Gasteiger partial charge in [0.25, 0.3) is 0 Å². The van der Waals surface area contributed by atoms with Gasteiger partial charge in [0.15, 0.2) is 0 Å². The lowest BCUT2D eigenvalue weighted by Crippen LogP contribution is -1.93. The third-order valence-electron chi connectivity index (χ3n) is 5.74. The third-order valence-corrected chi connectivity index (χ3v) is 5.74. The summed E-state index contributed by atoms with van der Waals surface area (Å²) >= 11 is 0. The number of nitrogen functional groups attached to an aromatic ring is 1. The number of hydrogen-bond donors (Lipinski definition) is 2. The minimum absolute atomic E-state index is 0.0905. The number of anilines is 1. The highest BCUT2D eigenvalue weighted by Gasteiger charge is 2.12. The lowest BCUT2D eigenvalue weighted by molar-refractivity contribution is 0.478. The molecule has 0 saturated carbocycles. The van der Waals surface area contributed by atoms with Crippen LogP contribution in [0.2, 0.25) is 0 Å². The molecule has 0 fully saturated rings. The van der Waals surface area contributed by atoms with Gasteiger partial charge in [-0.2, -0.15) is 0 Å². The van der Waals surface area contributed by atoms with Crippen LogP contribution >= 0.6 is 0 Å². The molecule has 3 N–H and O–H groups in total. The quantitative estimate of drug-likeness (QED) is 0.235. The van der Waals surface area contributed by atoms with E-state index < -0.39 is 0 Å². The molecule has 0 amide bonds. The molecule has 0 aromatic heterocycles. The minimum Gasteiger partial charge on any atom is -0.506 e. The second kappa shape index (κ2) is 8.44. The van der Waals surface area contributed by atoms with Crippen LogP contribution in [0.4, 0.5) is 5.69 Å².